The van der Waals surface area contributed by atoms with Crippen LogP contribution < -0.4 is 5.32 Å². The van der Waals surface area contributed by atoms with E-state index in [1.54, 1.807) is 7.11 Å². The number of ether oxygens (including phenoxy) is 1. The van der Waals surface area contributed by atoms with E-state index >= 15 is 0 Å². The van der Waals surface area contributed by atoms with Crippen molar-refractivity contribution in [1.29, 1.82) is 0 Å². The minimum absolute atomic E-state index is 0.480. The first-order valence-corrected chi connectivity index (χ1v) is 8.23. The first kappa shape index (κ1) is 18.1. The Morgan fingerprint density at radius 3 is 2.57 bits per heavy atom. The van der Waals surface area contributed by atoms with Crippen molar-refractivity contribution in [2.24, 2.45) is 0 Å². The molecule has 0 radical (unpaired) electrons. The normalized spacial score (nSPS) is 12.8. The zero-order chi connectivity index (χ0) is 15.3. The monoisotopic (exact) mass is 292 g/mol. The molecule has 1 unspecified atom stereocenters. The number of rotatable bonds is 12. The number of likely N-dealkylation sites (N-methyl/N-ethyl adjacent to an activating group) is 1. The molecule has 0 spiro atoms. The van der Waals surface area contributed by atoms with Gasteiger partial charge in [-0.25, -0.2) is 0 Å². The summed E-state index contributed by atoms with van der Waals surface area (Å²) >= 11 is 0. The molecule has 0 aliphatic heterocycles. The smallest absolute Gasteiger partial charge is 0.0589 e. The predicted octanol–water partition coefficient (Wildman–Crippen LogP) is 3.48. The summed E-state index contributed by atoms with van der Waals surface area (Å²) in [6, 6.07) is 11.3. The maximum Gasteiger partial charge on any atom is 0.0589 e. The van der Waals surface area contributed by atoms with E-state index in [2.05, 4.69) is 54.5 Å². The lowest BCUT2D eigenvalue weighted by Gasteiger charge is -2.22. The van der Waals surface area contributed by atoms with Crippen molar-refractivity contribution in [3.8, 4) is 0 Å². The van der Waals surface area contributed by atoms with Crippen LogP contribution in [0, 0.1) is 0 Å². The van der Waals surface area contributed by atoms with Crippen LogP contribution >= 0.6 is 0 Å². The van der Waals surface area contributed by atoms with E-state index in [0.29, 0.717) is 6.04 Å². The highest BCUT2D eigenvalue weighted by Gasteiger charge is 2.10. The number of hydrogen-bond donors (Lipinski definition) is 1. The van der Waals surface area contributed by atoms with Crippen molar-refractivity contribution in [2.45, 2.75) is 38.6 Å². The summed E-state index contributed by atoms with van der Waals surface area (Å²) in [5.74, 6) is 0. The second-order valence-corrected chi connectivity index (χ2v) is 5.71. The highest BCUT2D eigenvalue weighted by atomic mass is 16.5. The highest BCUT2D eigenvalue weighted by molar-refractivity contribution is 5.18. The number of methoxy groups -OCH3 is 1. The molecule has 0 bridgehead atoms. The molecule has 3 nitrogen and oxygen atoms in total. The van der Waals surface area contributed by atoms with E-state index < -0.39 is 0 Å². The van der Waals surface area contributed by atoms with Crippen molar-refractivity contribution in [2.75, 3.05) is 40.4 Å². The van der Waals surface area contributed by atoms with Crippen LogP contribution in [0.4, 0.5) is 0 Å². The van der Waals surface area contributed by atoms with Crippen LogP contribution in [0.1, 0.15) is 44.2 Å². The zero-order valence-electron chi connectivity index (χ0n) is 14.0. The van der Waals surface area contributed by atoms with Gasteiger partial charge in [-0.3, -0.25) is 0 Å². The lowest BCUT2D eigenvalue weighted by atomic mass is 10.0. The van der Waals surface area contributed by atoms with Gasteiger partial charge in [0.25, 0.3) is 0 Å². The van der Waals surface area contributed by atoms with Crippen LogP contribution in [0.25, 0.3) is 0 Å². The van der Waals surface area contributed by atoms with E-state index in [0.717, 1.165) is 26.2 Å². The van der Waals surface area contributed by atoms with Gasteiger partial charge in [-0.2, -0.15) is 0 Å². The molecule has 0 heterocycles. The Balaban J connectivity index is 2.38. The Bertz CT molecular complexity index is 342. The Labute approximate surface area is 130 Å². The number of benzene rings is 1. The molecular formula is C18H32N2O. The minimum Gasteiger partial charge on any atom is -0.383 e. The lowest BCUT2D eigenvalue weighted by Crippen LogP contribution is -2.33. The quantitative estimate of drug-likeness (QED) is 0.597. The number of hydrogen-bond acceptors (Lipinski definition) is 3. The first-order chi connectivity index (χ1) is 10.3. The van der Waals surface area contributed by atoms with Gasteiger partial charge in [0, 0.05) is 32.8 Å². The number of unbranched alkanes of at least 4 members (excludes halogenated alkanes) is 2. The molecule has 0 aromatic heterocycles. The molecule has 0 aliphatic rings. The average molecular weight is 292 g/mol. The molecule has 120 valence electrons. The maximum absolute atomic E-state index is 5.11. The third-order valence-corrected chi connectivity index (χ3v) is 3.86. The molecule has 0 saturated carbocycles. The van der Waals surface area contributed by atoms with E-state index in [-0.39, 0.29) is 0 Å². The minimum atomic E-state index is 0.480. The molecule has 0 amide bonds. The summed E-state index contributed by atoms with van der Waals surface area (Å²) in [7, 11) is 3.90. The Hall–Kier alpha value is -0.900. The van der Waals surface area contributed by atoms with Gasteiger partial charge in [0.15, 0.2) is 0 Å². The Morgan fingerprint density at radius 2 is 1.90 bits per heavy atom. The van der Waals surface area contributed by atoms with Crippen molar-refractivity contribution in [3.63, 3.8) is 0 Å². The molecule has 21 heavy (non-hydrogen) atoms. The molecule has 0 fully saturated rings. The Morgan fingerprint density at radius 1 is 1.14 bits per heavy atom. The maximum atomic E-state index is 5.11. The van der Waals surface area contributed by atoms with Crippen molar-refractivity contribution in [3.05, 3.63) is 35.9 Å². The van der Waals surface area contributed by atoms with Crippen LogP contribution in [-0.4, -0.2) is 45.3 Å². The fourth-order valence-corrected chi connectivity index (χ4v) is 2.46. The summed E-state index contributed by atoms with van der Waals surface area (Å²) in [4.78, 5) is 2.31. The molecule has 1 rings (SSSR count). The van der Waals surface area contributed by atoms with Crippen LogP contribution in [0.15, 0.2) is 30.3 Å². The standard InChI is InChI=1S/C18H32N2O/c1-4-5-7-12-18(17-10-8-6-9-11-17)19-13-14-20(2)15-16-21-3/h6,8-11,18-19H,4-5,7,12-16H2,1-3H3. The molecular weight excluding hydrogens is 260 g/mol. The molecule has 1 atom stereocenters. The van der Waals surface area contributed by atoms with Crippen LogP contribution in [0.2, 0.25) is 0 Å². The van der Waals surface area contributed by atoms with Gasteiger partial charge in [-0.15, -0.1) is 0 Å². The van der Waals surface area contributed by atoms with Gasteiger partial charge in [-0.1, -0.05) is 56.5 Å². The van der Waals surface area contributed by atoms with Gasteiger partial charge < -0.3 is 15.0 Å². The van der Waals surface area contributed by atoms with Gasteiger partial charge in [0.05, 0.1) is 6.61 Å². The fourth-order valence-electron chi connectivity index (χ4n) is 2.46. The highest BCUT2D eigenvalue weighted by Crippen LogP contribution is 2.19. The second-order valence-electron chi connectivity index (χ2n) is 5.71. The first-order valence-electron chi connectivity index (χ1n) is 8.23. The van der Waals surface area contributed by atoms with Gasteiger partial charge >= 0.3 is 0 Å². The van der Waals surface area contributed by atoms with Crippen LogP contribution in [0.5, 0.6) is 0 Å². The van der Waals surface area contributed by atoms with E-state index in [1.807, 2.05) is 0 Å². The van der Waals surface area contributed by atoms with Crippen molar-refractivity contribution < 1.29 is 4.74 Å². The van der Waals surface area contributed by atoms with Gasteiger partial charge in [0.1, 0.15) is 0 Å². The molecule has 3 heteroatoms. The Kier molecular flexibility index (Phi) is 10.1. The van der Waals surface area contributed by atoms with E-state index in [1.165, 1.54) is 31.2 Å². The fraction of sp³-hybridized carbons (Fsp3) is 0.667. The van der Waals surface area contributed by atoms with Gasteiger partial charge in [-0.05, 0) is 19.0 Å². The summed E-state index contributed by atoms with van der Waals surface area (Å²) in [6.45, 7) is 6.13. The van der Waals surface area contributed by atoms with Crippen molar-refractivity contribution in [1.82, 2.24) is 10.2 Å². The summed E-state index contributed by atoms with van der Waals surface area (Å²) < 4.78 is 5.11. The third-order valence-electron chi connectivity index (χ3n) is 3.86. The SMILES string of the molecule is CCCCCC(NCCN(C)CCOC)c1ccccc1. The lowest BCUT2D eigenvalue weighted by molar-refractivity contribution is 0.161. The topological polar surface area (TPSA) is 24.5 Å². The van der Waals surface area contributed by atoms with E-state index in [4.69, 9.17) is 4.74 Å². The van der Waals surface area contributed by atoms with Gasteiger partial charge in [0.2, 0.25) is 0 Å². The summed E-state index contributed by atoms with van der Waals surface area (Å²) in [5.41, 5.74) is 1.41. The summed E-state index contributed by atoms with van der Waals surface area (Å²) in [6.07, 6.45) is 5.11. The zero-order valence-corrected chi connectivity index (χ0v) is 14.0. The number of nitrogens with zero attached hydrogens (tertiary/aromatic N) is 1. The molecule has 1 aromatic carbocycles. The average Bonchev–Trinajstić information content (AvgIpc) is 2.52. The molecule has 0 aliphatic carbocycles. The van der Waals surface area contributed by atoms with Crippen LogP contribution in [-0.2, 0) is 4.74 Å². The third kappa shape index (κ3) is 8.20. The van der Waals surface area contributed by atoms with E-state index in [9.17, 15) is 0 Å². The summed E-state index contributed by atoms with van der Waals surface area (Å²) in [5, 5.41) is 3.72. The van der Waals surface area contributed by atoms with Crippen molar-refractivity contribution >= 4 is 0 Å². The van der Waals surface area contributed by atoms with Crippen LogP contribution in [0.3, 0.4) is 0 Å². The second kappa shape index (κ2) is 11.7. The predicted molar refractivity (Wildman–Crippen MR) is 90.7 cm³/mol. The molecule has 1 N–H and O–H groups in total. The molecule has 1 aromatic rings. The molecule has 0 saturated heterocycles. The number of nitrogens with one attached hydrogen (secondary N) is 1. The largest absolute Gasteiger partial charge is 0.383 e.